The van der Waals surface area contributed by atoms with Crippen LogP contribution in [0.5, 0.6) is 0 Å². The van der Waals surface area contributed by atoms with Crippen molar-refractivity contribution in [1.29, 1.82) is 0 Å². The molecular weight excluding hydrogens is 208 g/mol. The van der Waals surface area contributed by atoms with Crippen LogP contribution >= 0.6 is 0 Å². The molecule has 0 rings (SSSR count). The molecule has 0 aliphatic heterocycles. The molecule has 0 aliphatic rings. The molecule has 0 saturated heterocycles. The first-order chi connectivity index (χ1) is 7.26. The lowest BCUT2D eigenvalue weighted by Gasteiger charge is -2.21. The Hall–Kier alpha value is -1.10. The number of amides is 1. The Bertz CT molecular complexity index is 246. The molecule has 0 bridgehead atoms. The number of carbonyl (C=O) groups is 2. The molecule has 5 nitrogen and oxygen atoms in total. The van der Waals surface area contributed by atoms with Crippen molar-refractivity contribution in [1.82, 2.24) is 10.6 Å². The summed E-state index contributed by atoms with van der Waals surface area (Å²) in [7, 11) is 0. The van der Waals surface area contributed by atoms with Crippen LogP contribution in [0.15, 0.2) is 0 Å². The van der Waals surface area contributed by atoms with Crippen molar-refractivity contribution in [2.75, 3.05) is 6.54 Å². The number of carboxylic acids is 1. The number of aliphatic carboxylic acids is 1. The maximum absolute atomic E-state index is 11.4. The molecule has 0 fully saturated rings. The monoisotopic (exact) mass is 230 g/mol. The van der Waals surface area contributed by atoms with Crippen LogP contribution in [0.2, 0.25) is 0 Å². The Morgan fingerprint density at radius 3 is 2.25 bits per heavy atom. The second kappa shape index (κ2) is 6.48. The summed E-state index contributed by atoms with van der Waals surface area (Å²) in [6.45, 7) is 7.86. The highest BCUT2D eigenvalue weighted by Crippen LogP contribution is 1.98. The van der Waals surface area contributed by atoms with Gasteiger partial charge < -0.3 is 15.7 Å². The number of hydrogen-bond acceptors (Lipinski definition) is 3. The summed E-state index contributed by atoms with van der Waals surface area (Å²) in [4.78, 5) is 22.2. The van der Waals surface area contributed by atoms with E-state index in [-0.39, 0.29) is 18.0 Å². The minimum atomic E-state index is -0.981. The van der Waals surface area contributed by atoms with Gasteiger partial charge in [0.05, 0.1) is 6.54 Å². The second-order valence-electron chi connectivity index (χ2n) is 4.85. The van der Waals surface area contributed by atoms with Crippen molar-refractivity contribution in [3.05, 3.63) is 0 Å². The van der Waals surface area contributed by atoms with E-state index >= 15 is 0 Å². The maximum Gasteiger partial charge on any atom is 0.326 e. The Labute approximate surface area is 96.6 Å². The molecular formula is C11H22N2O3. The SMILES string of the molecule is CCC[C@@H](NC(=O)CNC(C)(C)C)C(=O)O. The van der Waals surface area contributed by atoms with E-state index in [2.05, 4.69) is 10.6 Å². The van der Waals surface area contributed by atoms with E-state index < -0.39 is 12.0 Å². The average molecular weight is 230 g/mol. The molecule has 0 unspecified atom stereocenters. The fraction of sp³-hybridized carbons (Fsp3) is 0.818. The number of hydrogen-bond donors (Lipinski definition) is 3. The number of carboxylic acid groups (broad SMARTS) is 1. The first-order valence-corrected chi connectivity index (χ1v) is 5.53. The minimum absolute atomic E-state index is 0.136. The molecule has 0 heterocycles. The van der Waals surface area contributed by atoms with Crippen LogP contribution in [0.3, 0.4) is 0 Å². The highest BCUT2D eigenvalue weighted by molar-refractivity contribution is 5.84. The van der Waals surface area contributed by atoms with Crippen molar-refractivity contribution < 1.29 is 14.7 Å². The van der Waals surface area contributed by atoms with Crippen LogP contribution in [0, 0.1) is 0 Å². The van der Waals surface area contributed by atoms with Crippen molar-refractivity contribution in [2.24, 2.45) is 0 Å². The van der Waals surface area contributed by atoms with Gasteiger partial charge in [-0.3, -0.25) is 4.79 Å². The van der Waals surface area contributed by atoms with Crippen LogP contribution in [0.4, 0.5) is 0 Å². The van der Waals surface area contributed by atoms with Crippen LogP contribution in [0.1, 0.15) is 40.5 Å². The number of rotatable bonds is 6. The summed E-state index contributed by atoms with van der Waals surface area (Å²) in [5.41, 5.74) is -0.152. The fourth-order valence-electron chi connectivity index (χ4n) is 1.14. The molecule has 16 heavy (non-hydrogen) atoms. The number of carbonyl (C=O) groups excluding carboxylic acids is 1. The summed E-state index contributed by atoms with van der Waals surface area (Å²) in [6, 6.07) is -0.778. The molecule has 0 aliphatic carbocycles. The van der Waals surface area contributed by atoms with Gasteiger partial charge in [0, 0.05) is 5.54 Å². The first-order valence-electron chi connectivity index (χ1n) is 5.53. The van der Waals surface area contributed by atoms with E-state index in [1.54, 1.807) is 0 Å². The smallest absolute Gasteiger partial charge is 0.326 e. The molecule has 0 spiro atoms. The molecule has 0 saturated carbocycles. The quantitative estimate of drug-likeness (QED) is 0.629. The van der Waals surface area contributed by atoms with Gasteiger partial charge in [0.1, 0.15) is 6.04 Å². The Morgan fingerprint density at radius 1 is 1.31 bits per heavy atom. The van der Waals surface area contributed by atoms with Crippen molar-refractivity contribution in [3.63, 3.8) is 0 Å². The van der Waals surface area contributed by atoms with Gasteiger partial charge in [-0.2, -0.15) is 0 Å². The zero-order chi connectivity index (χ0) is 12.8. The Kier molecular flexibility index (Phi) is 6.03. The minimum Gasteiger partial charge on any atom is -0.480 e. The van der Waals surface area contributed by atoms with Gasteiger partial charge in [-0.05, 0) is 27.2 Å². The van der Waals surface area contributed by atoms with E-state index in [9.17, 15) is 9.59 Å². The van der Waals surface area contributed by atoms with Crippen LogP contribution in [-0.4, -0.2) is 35.1 Å². The topological polar surface area (TPSA) is 78.4 Å². The summed E-state index contributed by atoms with van der Waals surface area (Å²) in [6.07, 6.45) is 1.18. The van der Waals surface area contributed by atoms with E-state index in [1.165, 1.54) is 0 Å². The lowest BCUT2D eigenvalue weighted by molar-refractivity contribution is -0.141. The summed E-state index contributed by atoms with van der Waals surface area (Å²) < 4.78 is 0. The van der Waals surface area contributed by atoms with Crippen molar-refractivity contribution in [3.8, 4) is 0 Å². The third-order valence-electron chi connectivity index (χ3n) is 1.99. The maximum atomic E-state index is 11.4. The predicted molar refractivity (Wildman–Crippen MR) is 62.2 cm³/mol. The Morgan fingerprint density at radius 2 is 1.88 bits per heavy atom. The van der Waals surface area contributed by atoms with Gasteiger partial charge in [0.25, 0.3) is 0 Å². The fourth-order valence-corrected chi connectivity index (χ4v) is 1.14. The van der Waals surface area contributed by atoms with Crippen LogP contribution in [0.25, 0.3) is 0 Å². The normalized spacial score (nSPS) is 13.2. The van der Waals surface area contributed by atoms with Crippen molar-refractivity contribution in [2.45, 2.75) is 52.1 Å². The van der Waals surface area contributed by atoms with E-state index in [4.69, 9.17) is 5.11 Å². The lowest BCUT2D eigenvalue weighted by Crippen LogP contribution is -2.48. The van der Waals surface area contributed by atoms with Gasteiger partial charge in [-0.25, -0.2) is 4.79 Å². The van der Waals surface area contributed by atoms with Gasteiger partial charge >= 0.3 is 5.97 Å². The molecule has 5 heteroatoms. The zero-order valence-corrected chi connectivity index (χ0v) is 10.5. The lowest BCUT2D eigenvalue weighted by atomic mass is 10.1. The van der Waals surface area contributed by atoms with Gasteiger partial charge in [-0.1, -0.05) is 13.3 Å². The van der Waals surface area contributed by atoms with Crippen molar-refractivity contribution >= 4 is 11.9 Å². The summed E-state index contributed by atoms with van der Waals surface area (Å²) in [5, 5.41) is 14.3. The number of nitrogens with one attached hydrogen (secondary N) is 2. The standard InChI is InChI=1S/C11H22N2O3/c1-5-6-8(10(15)16)13-9(14)7-12-11(2,3)4/h8,12H,5-7H2,1-4H3,(H,13,14)(H,15,16)/t8-/m1/s1. The zero-order valence-electron chi connectivity index (χ0n) is 10.5. The molecule has 0 radical (unpaired) electrons. The summed E-state index contributed by atoms with van der Waals surface area (Å²) >= 11 is 0. The predicted octanol–water partition coefficient (Wildman–Crippen LogP) is 0.744. The average Bonchev–Trinajstić information content (AvgIpc) is 2.13. The molecule has 1 amide bonds. The van der Waals surface area contributed by atoms with E-state index in [0.717, 1.165) is 6.42 Å². The van der Waals surface area contributed by atoms with Crippen LogP contribution < -0.4 is 10.6 Å². The highest BCUT2D eigenvalue weighted by Gasteiger charge is 2.19. The first kappa shape index (κ1) is 14.9. The van der Waals surface area contributed by atoms with Gasteiger partial charge in [0.15, 0.2) is 0 Å². The largest absolute Gasteiger partial charge is 0.480 e. The third-order valence-corrected chi connectivity index (χ3v) is 1.99. The molecule has 0 aromatic heterocycles. The highest BCUT2D eigenvalue weighted by atomic mass is 16.4. The van der Waals surface area contributed by atoms with E-state index in [0.29, 0.717) is 6.42 Å². The molecule has 0 aromatic carbocycles. The van der Waals surface area contributed by atoms with Gasteiger partial charge in [0.2, 0.25) is 5.91 Å². The molecule has 3 N–H and O–H groups in total. The molecule has 94 valence electrons. The second-order valence-corrected chi connectivity index (χ2v) is 4.85. The molecule has 0 aromatic rings. The molecule has 1 atom stereocenters. The van der Waals surface area contributed by atoms with Crippen LogP contribution in [-0.2, 0) is 9.59 Å². The summed E-state index contributed by atoms with van der Waals surface area (Å²) in [5.74, 6) is -1.26. The third kappa shape index (κ3) is 7.23. The van der Waals surface area contributed by atoms with E-state index in [1.807, 2.05) is 27.7 Å². The van der Waals surface area contributed by atoms with Gasteiger partial charge in [-0.15, -0.1) is 0 Å². The Balaban J connectivity index is 4.05.